The van der Waals surface area contributed by atoms with Crippen LogP contribution in [-0.2, 0) is 4.79 Å². The number of hydrogen-bond donors (Lipinski definition) is 1. The van der Waals surface area contributed by atoms with Crippen molar-refractivity contribution in [3.05, 3.63) is 70.5 Å². The average molecular weight is 309 g/mol. The molecule has 0 bridgehead atoms. The quantitative estimate of drug-likeness (QED) is 0.454. The van der Waals surface area contributed by atoms with Crippen molar-refractivity contribution in [2.45, 2.75) is 0 Å². The van der Waals surface area contributed by atoms with E-state index in [1.54, 1.807) is 34.9 Å². The Kier molecular flexibility index (Phi) is 3.60. The number of nitro groups is 1. The molecule has 0 atom stereocenters. The number of aliphatic carboxylic acids is 1. The van der Waals surface area contributed by atoms with E-state index in [-0.39, 0.29) is 5.69 Å². The third-order valence-electron chi connectivity index (χ3n) is 3.28. The molecular weight excluding hydrogens is 298 g/mol. The van der Waals surface area contributed by atoms with E-state index in [1.165, 1.54) is 18.2 Å². The molecule has 0 saturated carbocycles. The SMILES string of the molecule is O=C(O)/C=C/c1c(-c2cccc([N+](=O)[O-])c2)nc2ccccn12. The molecule has 1 N–H and O–H groups in total. The second-order valence-electron chi connectivity index (χ2n) is 4.75. The van der Waals surface area contributed by atoms with Crippen LogP contribution in [0.5, 0.6) is 0 Å². The zero-order valence-electron chi connectivity index (χ0n) is 11.8. The van der Waals surface area contributed by atoms with E-state index in [4.69, 9.17) is 5.11 Å². The van der Waals surface area contributed by atoms with Crippen LogP contribution in [-0.4, -0.2) is 25.4 Å². The van der Waals surface area contributed by atoms with Gasteiger partial charge in [0.25, 0.3) is 5.69 Å². The first kappa shape index (κ1) is 14.5. The standard InChI is InChI=1S/C16H11N3O4/c20-15(21)8-7-13-16(17-14-6-1-2-9-18(13)14)11-4-3-5-12(10-11)19(22)23/h1-10H,(H,20,21)/b8-7+. The van der Waals surface area contributed by atoms with Crippen LogP contribution in [0, 0.1) is 10.1 Å². The van der Waals surface area contributed by atoms with E-state index in [0.717, 1.165) is 6.08 Å². The van der Waals surface area contributed by atoms with Crippen molar-refractivity contribution in [3.8, 4) is 11.3 Å². The molecule has 7 heteroatoms. The summed E-state index contributed by atoms with van der Waals surface area (Å²) < 4.78 is 1.73. The normalized spacial score (nSPS) is 11.1. The number of carboxylic acid groups (broad SMARTS) is 1. The molecule has 0 aliphatic heterocycles. The highest BCUT2D eigenvalue weighted by atomic mass is 16.6. The van der Waals surface area contributed by atoms with Crippen molar-refractivity contribution >= 4 is 23.4 Å². The molecule has 0 fully saturated rings. The number of nitrogens with zero attached hydrogens (tertiary/aromatic N) is 3. The summed E-state index contributed by atoms with van der Waals surface area (Å²) in [4.78, 5) is 25.7. The molecule has 1 aromatic carbocycles. The molecule has 0 saturated heterocycles. The Morgan fingerprint density at radius 2 is 2.09 bits per heavy atom. The fourth-order valence-corrected chi connectivity index (χ4v) is 2.30. The number of non-ortho nitro benzene ring substituents is 1. The average Bonchev–Trinajstić information content (AvgIpc) is 2.91. The Labute approximate surface area is 130 Å². The molecule has 114 valence electrons. The number of rotatable bonds is 4. The Balaban J connectivity index is 2.24. The maximum absolute atomic E-state index is 10.9. The number of carbonyl (C=O) groups is 1. The van der Waals surface area contributed by atoms with Crippen molar-refractivity contribution in [2.75, 3.05) is 0 Å². The smallest absolute Gasteiger partial charge is 0.328 e. The molecule has 0 aliphatic rings. The monoisotopic (exact) mass is 309 g/mol. The van der Waals surface area contributed by atoms with Gasteiger partial charge in [0.05, 0.1) is 16.3 Å². The molecule has 2 aromatic heterocycles. The van der Waals surface area contributed by atoms with Crippen LogP contribution >= 0.6 is 0 Å². The second-order valence-corrected chi connectivity index (χ2v) is 4.75. The summed E-state index contributed by atoms with van der Waals surface area (Å²) in [5.74, 6) is -1.08. The lowest BCUT2D eigenvalue weighted by molar-refractivity contribution is -0.384. The van der Waals surface area contributed by atoms with Gasteiger partial charge in [-0.1, -0.05) is 18.2 Å². The summed E-state index contributed by atoms with van der Waals surface area (Å²) in [7, 11) is 0. The minimum atomic E-state index is -1.08. The Morgan fingerprint density at radius 3 is 2.83 bits per heavy atom. The molecule has 3 rings (SSSR count). The van der Waals surface area contributed by atoms with Gasteiger partial charge in [0, 0.05) is 30.0 Å². The third-order valence-corrected chi connectivity index (χ3v) is 3.28. The van der Waals surface area contributed by atoms with E-state index in [9.17, 15) is 14.9 Å². The lowest BCUT2D eigenvalue weighted by Crippen LogP contribution is -1.92. The van der Waals surface area contributed by atoms with Gasteiger partial charge < -0.3 is 5.11 Å². The number of hydrogen-bond acceptors (Lipinski definition) is 4. The second kappa shape index (κ2) is 5.72. The van der Waals surface area contributed by atoms with Crippen LogP contribution in [0.4, 0.5) is 5.69 Å². The topological polar surface area (TPSA) is 97.7 Å². The highest BCUT2D eigenvalue weighted by molar-refractivity contribution is 5.87. The van der Waals surface area contributed by atoms with Gasteiger partial charge in [-0.3, -0.25) is 14.5 Å². The predicted octanol–water partition coefficient (Wildman–Crippen LogP) is 3.01. The van der Waals surface area contributed by atoms with Gasteiger partial charge in [0.2, 0.25) is 0 Å². The first-order valence-corrected chi connectivity index (χ1v) is 6.69. The summed E-state index contributed by atoms with van der Waals surface area (Å²) in [6.07, 6.45) is 4.19. The van der Waals surface area contributed by atoms with Gasteiger partial charge in [0.15, 0.2) is 0 Å². The molecule has 23 heavy (non-hydrogen) atoms. The number of imidazole rings is 1. The maximum Gasteiger partial charge on any atom is 0.328 e. The minimum Gasteiger partial charge on any atom is -0.478 e. The molecule has 0 aliphatic carbocycles. The predicted molar refractivity (Wildman–Crippen MR) is 84.0 cm³/mol. The molecule has 3 aromatic rings. The summed E-state index contributed by atoms with van der Waals surface area (Å²) >= 11 is 0. The Morgan fingerprint density at radius 1 is 1.26 bits per heavy atom. The first-order valence-electron chi connectivity index (χ1n) is 6.69. The van der Waals surface area contributed by atoms with E-state index in [1.807, 2.05) is 6.07 Å². The van der Waals surface area contributed by atoms with Crippen LogP contribution in [0.25, 0.3) is 23.0 Å². The highest BCUT2D eigenvalue weighted by Crippen LogP contribution is 2.28. The Hall–Kier alpha value is -3.48. The van der Waals surface area contributed by atoms with Gasteiger partial charge in [-0.25, -0.2) is 9.78 Å². The van der Waals surface area contributed by atoms with Gasteiger partial charge in [-0.15, -0.1) is 0 Å². The van der Waals surface area contributed by atoms with Crippen LogP contribution in [0.3, 0.4) is 0 Å². The Bertz CT molecular complexity index is 943. The zero-order valence-corrected chi connectivity index (χ0v) is 11.8. The minimum absolute atomic E-state index is 0.0484. The van der Waals surface area contributed by atoms with Gasteiger partial charge >= 0.3 is 5.97 Å². The van der Waals surface area contributed by atoms with Crippen LogP contribution in [0.1, 0.15) is 5.69 Å². The highest BCUT2D eigenvalue weighted by Gasteiger charge is 2.14. The molecule has 0 unspecified atom stereocenters. The van der Waals surface area contributed by atoms with Crippen LogP contribution in [0.15, 0.2) is 54.7 Å². The van der Waals surface area contributed by atoms with E-state index in [0.29, 0.717) is 22.6 Å². The van der Waals surface area contributed by atoms with Gasteiger partial charge in [-0.05, 0) is 18.2 Å². The van der Waals surface area contributed by atoms with Crippen molar-refractivity contribution in [2.24, 2.45) is 0 Å². The van der Waals surface area contributed by atoms with Gasteiger partial charge in [0.1, 0.15) is 5.65 Å². The van der Waals surface area contributed by atoms with Crippen molar-refractivity contribution in [1.29, 1.82) is 0 Å². The lowest BCUT2D eigenvalue weighted by Gasteiger charge is -2.00. The number of nitro benzene ring substituents is 1. The molecular formula is C16H11N3O4. The maximum atomic E-state index is 10.9. The van der Waals surface area contributed by atoms with Crippen molar-refractivity contribution in [3.63, 3.8) is 0 Å². The molecule has 0 radical (unpaired) electrons. The first-order chi connectivity index (χ1) is 11.1. The number of aromatic nitrogens is 2. The largest absolute Gasteiger partial charge is 0.478 e. The van der Waals surface area contributed by atoms with E-state index < -0.39 is 10.9 Å². The van der Waals surface area contributed by atoms with Crippen molar-refractivity contribution < 1.29 is 14.8 Å². The summed E-state index contributed by atoms with van der Waals surface area (Å²) in [6.45, 7) is 0. The van der Waals surface area contributed by atoms with Crippen LogP contribution < -0.4 is 0 Å². The number of benzene rings is 1. The molecule has 0 amide bonds. The van der Waals surface area contributed by atoms with E-state index >= 15 is 0 Å². The van der Waals surface area contributed by atoms with Crippen LogP contribution in [0.2, 0.25) is 0 Å². The molecule has 7 nitrogen and oxygen atoms in total. The van der Waals surface area contributed by atoms with Gasteiger partial charge in [-0.2, -0.15) is 0 Å². The molecule has 0 spiro atoms. The zero-order chi connectivity index (χ0) is 16.4. The van der Waals surface area contributed by atoms with Crippen molar-refractivity contribution in [1.82, 2.24) is 9.38 Å². The number of carboxylic acids is 1. The fraction of sp³-hybridized carbons (Fsp3) is 0. The lowest BCUT2D eigenvalue weighted by atomic mass is 10.1. The number of pyridine rings is 1. The third kappa shape index (κ3) is 2.80. The fourth-order valence-electron chi connectivity index (χ4n) is 2.30. The van der Waals surface area contributed by atoms with E-state index in [2.05, 4.69) is 4.98 Å². The summed E-state index contributed by atoms with van der Waals surface area (Å²) in [6, 6.07) is 11.5. The molecule has 2 heterocycles. The summed E-state index contributed by atoms with van der Waals surface area (Å²) in [5, 5.41) is 19.8. The number of fused-ring (bicyclic) bond motifs is 1. The summed E-state index contributed by atoms with van der Waals surface area (Å²) in [5.41, 5.74) is 2.15.